The average Bonchev–Trinajstić information content (AvgIpc) is 3.22. The number of carbonyl (C=O) groups is 2. The van der Waals surface area contributed by atoms with Crippen LogP contribution in [-0.4, -0.2) is 38.1 Å². The van der Waals surface area contributed by atoms with E-state index < -0.39 is 5.54 Å². The first-order chi connectivity index (χ1) is 9.95. The SMILES string of the molecule is CCC1(C)C(=O)NC(C2CC2)C(=O)N1Cc1ccn(C)n1. The highest BCUT2D eigenvalue weighted by molar-refractivity contribution is 5.99. The summed E-state index contributed by atoms with van der Waals surface area (Å²) in [6.07, 6.45) is 4.49. The second-order valence-corrected chi connectivity index (χ2v) is 6.32. The van der Waals surface area contributed by atoms with Gasteiger partial charge >= 0.3 is 0 Å². The summed E-state index contributed by atoms with van der Waals surface area (Å²) in [5.74, 6) is 0.304. The minimum absolute atomic E-state index is 0.0344. The van der Waals surface area contributed by atoms with Crippen molar-refractivity contribution in [3.8, 4) is 0 Å². The van der Waals surface area contributed by atoms with Crippen molar-refractivity contribution in [1.29, 1.82) is 0 Å². The summed E-state index contributed by atoms with van der Waals surface area (Å²) in [5, 5.41) is 7.28. The van der Waals surface area contributed by atoms with Crippen molar-refractivity contribution < 1.29 is 9.59 Å². The number of aryl methyl sites for hydroxylation is 1. The second-order valence-electron chi connectivity index (χ2n) is 6.32. The van der Waals surface area contributed by atoms with Crippen LogP contribution in [0.5, 0.6) is 0 Å². The van der Waals surface area contributed by atoms with E-state index in [-0.39, 0.29) is 17.9 Å². The molecule has 6 nitrogen and oxygen atoms in total. The standard InChI is InChI=1S/C15H22N4O2/c1-4-15(2)14(21)16-12(10-5-6-10)13(20)19(15)9-11-7-8-18(3)17-11/h7-8,10,12H,4-6,9H2,1-3H3,(H,16,21). The average molecular weight is 290 g/mol. The van der Waals surface area contributed by atoms with Gasteiger partial charge in [-0.05, 0) is 38.2 Å². The van der Waals surface area contributed by atoms with Crippen LogP contribution < -0.4 is 5.32 Å². The lowest BCUT2D eigenvalue weighted by Crippen LogP contribution is -2.69. The number of hydrogen-bond acceptors (Lipinski definition) is 3. The van der Waals surface area contributed by atoms with Crippen LogP contribution in [0.4, 0.5) is 0 Å². The van der Waals surface area contributed by atoms with Crippen LogP contribution in [-0.2, 0) is 23.2 Å². The van der Waals surface area contributed by atoms with Crippen LogP contribution in [0.2, 0.25) is 0 Å². The Balaban J connectivity index is 1.90. The van der Waals surface area contributed by atoms with Gasteiger partial charge in [0.25, 0.3) is 0 Å². The molecule has 0 aromatic carbocycles. The smallest absolute Gasteiger partial charge is 0.246 e. The summed E-state index contributed by atoms with van der Waals surface area (Å²) in [6.45, 7) is 4.17. The largest absolute Gasteiger partial charge is 0.342 e. The van der Waals surface area contributed by atoms with Gasteiger partial charge in [0.05, 0.1) is 12.2 Å². The Hall–Kier alpha value is -1.85. The second kappa shape index (κ2) is 4.86. The molecule has 114 valence electrons. The number of piperazine rings is 1. The molecule has 2 heterocycles. The zero-order chi connectivity index (χ0) is 15.2. The highest BCUT2D eigenvalue weighted by Crippen LogP contribution is 2.37. The van der Waals surface area contributed by atoms with E-state index in [9.17, 15) is 9.59 Å². The molecule has 6 heteroatoms. The molecular weight excluding hydrogens is 268 g/mol. The monoisotopic (exact) mass is 290 g/mol. The number of nitrogens with one attached hydrogen (secondary N) is 1. The first-order valence-corrected chi connectivity index (χ1v) is 7.56. The summed E-state index contributed by atoms with van der Waals surface area (Å²) < 4.78 is 1.71. The number of rotatable bonds is 4. The number of amides is 2. The lowest BCUT2D eigenvalue weighted by Gasteiger charge is -2.45. The Morgan fingerprint density at radius 1 is 1.43 bits per heavy atom. The molecule has 2 amide bonds. The molecule has 1 aliphatic heterocycles. The molecule has 1 N–H and O–H groups in total. The van der Waals surface area contributed by atoms with Crippen molar-refractivity contribution in [2.75, 3.05) is 0 Å². The third kappa shape index (κ3) is 2.32. The molecule has 3 rings (SSSR count). The highest BCUT2D eigenvalue weighted by Gasteiger charge is 2.52. The fourth-order valence-electron chi connectivity index (χ4n) is 2.95. The zero-order valence-electron chi connectivity index (χ0n) is 12.8. The third-order valence-electron chi connectivity index (χ3n) is 4.77. The molecule has 0 bridgehead atoms. The maximum absolute atomic E-state index is 12.8. The predicted molar refractivity (Wildman–Crippen MR) is 77.1 cm³/mol. The fraction of sp³-hybridized carbons (Fsp3) is 0.667. The van der Waals surface area contributed by atoms with Gasteiger partial charge in [-0.2, -0.15) is 5.10 Å². The van der Waals surface area contributed by atoms with Crippen LogP contribution in [0.25, 0.3) is 0 Å². The van der Waals surface area contributed by atoms with E-state index in [0.29, 0.717) is 18.9 Å². The molecule has 2 fully saturated rings. The molecular formula is C15H22N4O2. The van der Waals surface area contributed by atoms with Gasteiger partial charge in [-0.15, -0.1) is 0 Å². The molecule has 1 saturated carbocycles. The van der Waals surface area contributed by atoms with E-state index in [4.69, 9.17) is 0 Å². The lowest BCUT2D eigenvalue weighted by atomic mass is 9.89. The summed E-state index contributed by atoms with van der Waals surface area (Å²) in [6, 6.07) is 1.54. The van der Waals surface area contributed by atoms with Crippen molar-refractivity contribution in [3.63, 3.8) is 0 Å². The molecule has 1 saturated heterocycles. The topological polar surface area (TPSA) is 67.2 Å². The number of nitrogens with zero attached hydrogens (tertiary/aromatic N) is 3. The summed E-state index contributed by atoms with van der Waals surface area (Å²) in [4.78, 5) is 27.0. The van der Waals surface area contributed by atoms with Crippen molar-refractivity contribution in [1.82, 2.24) is 20.0 Å². The van der Waals surface area contributed by atoms with E-state index in [1.54, 1.807) is 9.58 Å². The zero-order valence-corrected chi connectivity index (χ0v) is 12.8. The number of aromatic nitrogens is 2. The Morgan fingerprint density at radius 2 is 2.14 bits per heavy atom. The molecule has 1 aliphatic carbocycles. The highest BCUT2D eigenvalue weighted by atomic mass is 16.2. The molecule has 2 unspecified atom stereocenters. The minimum Gasteiger partial charge on any atom is -0.342 e. The first kappa shape index (κ1) is 14.1. The Kier molecular flexibility index (Phi) is 3.26. The van der Waals surface area contributed by atoms with Gasteiger partial charge in [0.1, 0.15) is 11.6 Å². The normalized spacial score (nSPS) is 29.7. The molecule has 21 heavy (non-hydrogen) atoms. The molecule has 2 atom stereocenters. The molecule has 1 aromatic heterocycles. The number of hydrogen-bond donors (Lipinski definition) is 1. The maximum atomic E-state index is 12.8. The van der Waals surface area contributed by atoms with Crippen LogP contribution >= 0.6 is 0 Å². The van der Waals surface area contributed by atoms with Gasteiger partial charge in [0.15, 0.2) is 0 Å². The van der Waals surface area contributed by atoms with E-state index in [1.807, 2.05) is 33.2 Å². The van der Waals surface area contributed by atoms with E-state index in [2.05, 4.69) is 10.4 Å². The van der Waals surface area contributed by atoms with Gasteiger partial charge in [0, 0.05) is 13.2 Å². The fourth-order valence-corrected chi connectivity index (χ4v) is 2.95. The minimum atomic E-state index is -0.792. The van der Waals surface area contributed by atoms with Crippen LogP contribution in [0, 0.1) is 5.92 Å². The van der Waals surface area contributed by atoms with Crippen LogP contribution in [0.1, 0.15) is 38.8 Å². The van der Waals surface area contributed by atoms with E-state index in [0.717, 1.165) is 18.5 Å². The molecule has 0 radical (unpaired) electrons. The molecule has 2 aliphatic rings. The van der Waals surface area contributed by atoms with Crippen molar-refractivity contribution in [2.24, 2.45) is 13.0 Å². The number of carbonyl (C=O) groups excluding carboxylic acids is 2. The van der Waals surface area contributed by atoms with Crippen molar-refractivity contribution in [2.45, 2.75) is 51.2 Å². The third-order valence-corrected chi connectivity index (χ3v) is 4.77. The predicted octanol–water partition coefficient (Wildman–Crippen LogP) is 0.826. The Bertz CT molecular complexity index is 578. The molecule has 0 spiro atoms. The van der Waals surface area contributed by atoms with Gasteiger partial charge in [-0.3, -0.25) is 14.3 Å². The quantitative estimate of drug-likeness (QED) is 0.893. The lowest BCUT2D eigenvalue weighted by molar-refractivity contribution is -0.158. The maximum Gasteiger partial charge on any atom is 0.246 e. The molecule has 1 aromatic rings. The van der Waals surface area contributed by atoms with Gasteiger partial charge in [0.2, 0.25) is 11.8 Å². The van der Waals surface area contributed by atoms with Crippen molar-refractivity contribution >= 4 is 11.8 Å². The van der Waals surface area contributed by atoms with Gasteiger partial charge in [-0.25, -0.2) is 0 Å². The van der Waals surface area contributed by atoms with Gasteiger partial charge < -0.3 is 10.2 Å². The first-order valence-electron chi connectivity index (χ1n) is 7.56. The van der Waals surface area contributed by atoms with Crippen molar-refractivity contribution in [3.05, 3.63) is 18.0 Å². The summed E-state index contributed by atoms with van der Waals surface area (Å²) in [5.41, 5.74) is 0.0229. The Labute approximate surface area is 124 Å². The van der Waals surface area contributed by atoms with Crippen LogP contribution in [0.15, 0.2) is 12.3 Å². The van der Waals surface area contributed by atoms with E-state index in [1.165, 1.54) is 0 Å². The summed E-state index contributed by atoms with van der Waals surface area (Å²) >= 11 is 0. The Morgan fingerprint density at radius 3 is 2.67 bits per heavy atom. The summed E-state index contributed by atoms with van der Waals surface area (Å²) in [7, 11) is 1.85. The van der Waals surface area contributed by atoms with E-state index >= 15 is 0 Å². The van der Waals surface area contributed by atoms with Gasteiger partial charge in [-0.1, -0.05) is 6.92 Å². The van der Waals surface area contributed by atoms with Crippen LogP contribution in [0.3, 0.4) is 0 Å².